The highest BCUT2D eigenvalue weighted by Gasteiger charge is 2.14. The summed E-state index contributed by atoms with van der Waals surface area (Å²) in [6, 6.07) is 5.91. The molecule has 0 aliphatic carbocycles. The Hall–Kier alpha value is -2.47. The minimum atomic E-state index is 0.205. The predicted octanol–water partition coefficient (Wildman–Crippen LogP) is 3.59. The van der Waals surface area contributed by atoms with Crippen LogP contribution < -0.4 is 0 Å². The Morgan fingerprint density at radius 1 is 1.09 bits per heavy atom. The van der Waals surface area contributed by atoms with Crippen molar-refractivity contribution >= 4 is 33.5 Å². The second-order valence-electron chi connectivity index (χ2n) is 4.48. The third kappa shape index (κ3) is 2.21. The van der Waals surface area contributed by atoms with Crippen LogP contribution in [-0.4, -0.2) is 29.9 Å². The fourth-order valence-electron chi connectivity index (χ4n) is 2.38. The monoisotopic (exact) mass is 314 g/mol. The maximum Gasteiger partial charge on any atom is 0.225 e. The molecule has 7 heteroatoms. The minimum Gasteiger partial charge on any atom is -0.278 e. The maximum atomic E-state index is 6.04. The predicted molar refractivity (Wildman–Crippen MR) is 87.7 cm³/mol. The number of hydrogen-bond acceptors (Lipinski definition) is 4. The van der Waals surface area contributed by atoms with Gasteiger partial charge in [-0.05, 0) is 17.7 Å². The van der Waals surface area contributed by atoms with Crippen molar-refractivity contribution in [2.24, 2.45) is 7.05 Å². The van der Waals surface area contributed by atoms with Gasteiger partial charge in [0.1, 0.15) is 0 Å². The minimum absolute atomic E-state index is 0.205. The van der Waals surface area contributed by atoms with Crippen LogP contribution in [0.15, 0.2) is 30.6 Å². The zero-order valence-electron chi connectivity index (χ0n) is 12.5. The molecule has 0 amide bonds. The van der Waals surface area contributed by atoms with Crippen molar-refractivity contribution in [3.05, 3.63) is 35.9 Å². The number of fused-ring (bicyclic) bond motifs is 2. The second-order valence-corrected chi connectivity index (χ2v) is 4.82. The number of nitrogens with zero attached hydrogens (tertiary/aromatic N) is 5. The molecule has 4 aromatic rings. The highest BCUT2D eigenvalue weighted by molar-refractivity contribution is 6.29. The molecule has 0 unspecified atom stereocenters. The molecule has 1 N–H and O–H groups in total. The van der Waals surface area contributed by atoms with E-state index in [1.807, 2.05) is 39.1 Å². The Kier molecular flexibility index (Phi) is 3.77. The highest BCUT2D eigenvalue weighted by Crippen LogP contribution is 2.31. The molecular weight excluding hydrogens is 300 g/mol. The van der Waals surface area contributed by atoms with Crippen LogP contribution in [0.5, 0.6) is 0 Å². The van der Waals surface area contributed by atoms with Gasteiger partial charge in [-0.15, -0.1) is 0 Å². The Balaban J connectivity index is 0.000000693. The van der Waals surface area contributed by atoms with Crippen LogP contribution in [0.2, 0.25) is 5.28 Å². The van der Waals surface area contributed by atoms with Crippen LogP contribution >= 0.6 is 11.6 Å². The van der Waals surface area contributed by atoms with Crippen LogP contribution in [-0.2, 0) is 7.05 Å². The number of halogens is 1. The maximum absolute atomic E-state index is 6.04. The number of hydrogen-bond donors (Lipinski definition) is 1. The molecule has 6 nitrogen and oxygen atoms in total. The lowest BCUT2D eigenvalue weighted by Crippen LogP contribution is -1.95. The van der Waals surface area contributed by atoms with Crippen molar-refractivity contribution in [3.8, 4) is 11.3 Å². The molecule has 0 aliphatic heterocycles. The van der Waals surface area contributed by atoms with E-state index in [1.54, 1.807) is 17.1 Å². The van der Waals surface area contributed by atoms with Gasteiger partial charge in [-0.2, -0.15) is 15.2 Å². The Bertz CT molecular complexity index is 940. The highest BCUT2D eigenvalue weighted by atomic mass is 35.5. The molecule has 1 aromatic carbocycles. The van der Waals surface area contributed by atoms with Gasteiger partial charge >= 0.3 is 0 Å². The molecule has 112 valence electrons. The Labute approximate surface area is 132 Å². The van der Waals surface area contributed by atoms with Crippen LogP contribution in [0.25, 0.3) is 33.2 Å². The zero-order chi connectivity index (χ0) is 15.7. The van der Waals surface area contributed by atoms with Crippen molar-refractivity contribution in [1.29, 1.82) is 0 Å². The number of aryl methyl sites for hydroxylation is 1. The summed E-state index contributed by atoms with van der Waals surface area (Å²) >= 11 is 6.04. The van der Waals surface area contributed by atoms with E-state index in [2.05, 4.69) is 25.3 Å². The van der Waals surface area contributed by atoms with Gasteiger partial charge in [0, 0.05) is 18.0 Å². The Morgan fingerprint density at radius 3 is 2.73 bits per heavy atom. The number of H-pyrrole nitrogens is 1. The average molecular weight is 315 g/mol. The third-order valence-corrected chi connectivity index (χ3v) is 3.47. The Morgan fingerprint density at radius 2 is 1.91 bits per heavy atom. The van der Waals surface area contributed by atoms with Gasteiger partial charge in [0.05, 0.1) is 29.0 Å². The molecule has 3 heterocycles. The van der Waals surface area contributed by atoms with Gasteiger partial charge < -0.3 is 0 Å². The normalized spacial score (nSPS) is 10.7. The zero-order valence-corrected chi connectivity index (χ0v) is 13.3. The fraction of sp³-hybridized carbons (Fsp3) is 0.200. The lowest BCUT2D eigenvalue weighted by atomic mass is 10.1. The van der Waals surface area contributed by atoms with E-state index in [9.17, 15) is 0 Å². The van der Waals surface area contributed by atoms with Crippen LogP contribution in [0, 0.1) is 0 Å². The van der Waals surface area contributed by atoms with E-state index < -0.39 is 0 Å². The SMILES string of the molecule is CC.Cn1ncc2c(-c3cccc4[nH]ncc34)nc(Cl)nc21. The standard InChI is InChI=1S/C13H9ClN6.C2H6/c1-20-12-9(6-16-20)11(17-13(14)18-12)7-3-2-4-10-8(7)5-15-19-10;1-2/h2-6H,1H3,(H,15,19);1-2H3. The number of nitrogens with one attached hydrogen (secondary N) is 1. The van der Waals surface area contributed by atoms with E-state index in [1.165, 1.54) is 0 Å². The molecule has 0 aliphatic rings. The lowest BCUT2D eigenvalue weighted by Gasteiger charge is -2.04. The van der Waals surface area contributed by atoms with E-state index in [-0.39, 0.29) is 5.28 Å². The van der Waals surface area contributed by atoms with Gasteiger partial charge in [0.15, 0.2) is 5.65 Å². The van der Waals surface area contributed by atoms with Crippen LogP contribution in [0.3, 0.4) is 0 Å². The number of rotatable bonds is 1. The van der Waals surface area contributed by atoms with Crippen molar-refractivity contribution in [2.45, 2.75) is 13.8 Å². The van der Waals surface area contributed by atoms with Crippen molar-refractivity contribution in [3.63, 3.8) is 0 Å². The summed E-state index contributed by atoms with van der Waals surface area (Å²) in [5.41, 5.74) is 3.38. The van der Waals surface area contributed by atoms with E-state index >= 15 is 0 Å². The number of benzene rings is 1. The third-order valence-electron chi connectivity index (χ3n) is 3.30. The fourth-order valence-corrected chi connectivity index (χ4v) is 2.54. The number of aromatic nitrogens is 6. The quantitative estimate of drug-likeness (QED) is 0.545. The summed E-state index contributed by atoms with van der Waals surface area (Å²) < 4.78 is 1.68. The molecular formula is C15H15ClN6. The van der Waals surface area contributed by atoms with Crippen molar-refractivity contribution in [2.75, 3.05) is 0 Å². The topological polar surface area (TPSA) is 72.3 Å². The van der Waals surface area contributed by atoms with Gasteiger partial charge in [-0.25, -0.2) is 4.98 Å². The van der Waals surface area contributed by atoms with E-state index in [0.29, 0.717) is 5.65 Å². The summed E-state index contributed by atoms with van der Waals surface area (Å²) in [6.45, 7) is 4.00. The molecule has 0 saturated heterocycles. The molecule has 0 saturated carbocycles. The summed E-state index contributed by atoms with van der Waals surface area (Å²) in [6.07, 6.45) is 3.53. The first-order valence-electron chi connectivity index (χ1n) is 7.02. The molecule has 3 aromatic heterocycles. The first-order valence-corrected chi connectivity index (χ1v) is 7.39. The molecule has 0 spiro atoms. The summed E-state index contributed by atoms with van der Waals surface area (Å²) in [4.78, 5) is 8.59. The van der Waals surface area contributed by atoms with Gasteiger partial charge in [-0.1, -0.05) is 26.0 Å². The summed E-state index contributed by atoms with van der Waals surface area (Å²) in [7, 11) is 1.83. The molecule has 22 heavy (non-hydrogen) atoms. The van der Waals surface area contributed by atoms with E-state index in [4.69, 9.17) is 11.6 Å². The molecule has 0 radical (unpaired) electrons. The first kappa shape index (κ1) is 14.5. The lowest BCUT2D eigenvalue weighted by molar-refractivity contribution is 0.785. The smallest absolute Gasteiger partial charge is 0.225 e. The molecule has 0 bridgehead atoms. The second kappa shape index (κ2) is 5.73. The number of aromatic amines is 1. The van der Waals surface area contributed by atoms with Crippen molar-refractivity contribution < 1.29 is 0 Å². The molecule has 0 fully saturated rings. The van der Waals surface area contributed by atoms with Crippen molar-refractivity contribution in [1.82, 2.24) is 29.9 Å². The van der Waals surface area contributed by atoms with Gasteiger partial charge in [-0.3, -0.25) is 9.78 Å². The first-order chi connectivity index (χ1) is 10.7. The van der Waals surface area contributed by atoms with Crippen LogP contribution in [0.1, 0.15) is 13.8 Å². The largest absolute Gasteiger partial charge is 0.278 e. The molecule has 4 rings (SSSR count). The summed E-state index contributed by atoms with van der Waals surface area (Å²) in [5, 5.41) is 13.3. The van der Waals surface area contributed by atoms with E-state index in [0.717, 1.165) is 27.5 Å². The summed E-state index contributed by atoms with van der Waals surface area (Å²) in [5.74, 6) is 0. The molecule has 0 atom stereocenters. The average Bonchev–Trinajstić information content (AvgIpc) is 3.16. The van der Waals surface area contributed by atoms with Gasteiger partial charge in [0.25, 0.3) is 0 Å². The van der Waals surface area contributed by atoms with Crippen LogP contribution in [0.4, 0.5) is 0 Å². The van der Waals surface area contributed by atoms with Gasteiger partial charge in [0.2, 0.25) is 5.28 Å².